The predicted octanol–water partition coefficient (Wildman–Crippen LogP) is 2.93. The molecule has 0 bridgehead atoms. The van der Waals surface area contributed by atoms with Gasteiger partial charge < -0.3 is 30.1 Å². The summed E-state index contributed by atoms with van der Waals surface area (Å²) < 4.78 is 13.4. The molecular formula is C25H27ClN6O6S2. The number of aromatic nitrogens is 5. The van der Waals surface area contributed by atoms with Crippen LogP contribution in [0.4, 0.5) is 5.82 Å². The zero-order valence-electron chi connectivity index (χ0n) is 21.5. The summed E-state index contributed by atoms with van der Waals surface area (Å²) in [7, 11) is 0. The zero-order valence-corrected chi connectivity index (χ0v) is 23.9. The van der Waals surface area contributed by atoms with Gasteiger partial charge in [-0.1, -0.05) is 5.92 Å². The van der Waals surface area contributed by atoms with Gasteiger partial charge in [-0.15, -0.1) is 17.8 Å². The summed E-state index contributed by atoms with van der Waals surface area (Å²) in [6.45, 7) is 2.88. The van der Waals surface area contributed by atoms with Crippen molar-refractivity contribution in [1.82, 2.24) is 24.5 Å². The van der Waals surface area contributed by atoms with Crippen LogP contribution in [-0.2, 0) is 26.3 Å². The molecule has 212 valence electrons. The lowest BCUT2D eigenvalue weighted by atomic mass is 9.92. The Hall–Kier alpha value is -3.16. The minimum absolute atomic E-state index is 0.00265. The van der Waals surface area contributed by atoms with Crippen molar-refractivity contribution in [2.45, 2.75) is 50.3 Å². The number of imidazole rings is 1. The molecular weight excluding hydrogens is 580 g/mol. The maximum Gasteiger partial charge on any atom is 0.342 e. The molecule has 0 aliphatic carbocycles. The van der Waals surface area contributed by atoms with Crippen LogP contribution in [0, 0.1) is 12.3 Å². The lowest BCUT2D eigenvalue weighted by Gasteiger charge is -2.31. The smallest absolute Gasteiger partial charge is 0.342 e. The number of carbonyl (C=O) groups is 1. The lowest BCUT2D eigenvalue weighted by Crippen LogP contribution is -2.44. The van der Waals surface area contributed by atoms with E-state index in [9.17, 15) is 20.1 Å². The van der Waals surface area contributed by atoms with Gasteiger partial charge in [0.2, 0.25) is 10.9 Å². The molecule has 0 aromatic carbocycles. The van der Waals surface area contributed by atoms with Gasteiger partial charge in [-0.2, -0.15) is 21.3 Å². The molecule has 0 saturated heterocycles. The third-order valence-corrected chi connectivity index (χ3v) is 7.30. The van der Waals surface area contributed by atoms with E-state index in [4.69, 9.17) is 27.5 Å². The number of aliphatic hydroxyl groups is 2. The molecule has 4 atom stereocenters. The normalized spacial score (nSPS) is 15.4. The molecule has 0 spiro atoms. The van der Waals surface area contributed by atoms with E-state index in [0.717, 1.165) is 5.56 Å². The van der Waals surface area contributed by atoms with E-state index in [0.29, 0.717) is 11.3 Å². The molecule has 4 rings (SSSR count). The van der Waals surface area contributed by atoms with Crippen molar-refractivity contribution in [1.29, 1.82) is 0 Å². The minimum atomic E-state index is -1.85. The van der Waals surface area contributed by atoms with Gasteiger partial charge in [-0.05, 0) is 47.8 Å². The number of hydrogen-bond donors (Lipinski definition) is 4. The number of terminal acetylenes is 1. The van der Waals surface area contributed by atoms with Crippen molar-refractivity contribution in [3.05, 3.63) is 50.6 Å². The van der Waals surface area contributed by atoms with Gasteiger partial charge in [0, 0.05) is 17.8 Å². The van der Waals surface area contributed by atoms with Crippen molar-refractivity contribution in [3.63, 3.8) is 0 Å². The Bertz CT molecular complexity index is 1460. The number of carboxylic acid groups (broad SMARTS) is 1. The second kappa shape index (κ2) is 13.0. The van der Waals surface area contributed by atoms with Crippen LogP contribution in [0.1, 0.15) is 31.3 Å². The Morgan fingerprint density at radius 2 is 2.10 bits per heavy atom. The molecule has 0 amide bonds. The summed E-state index contributed by atoms with van der Waals surface area (Å²) in [5.41, 5.74) is 1.21. The molecule has 1 unspecified atom stereocenters. The summed E-state index contributed by atoms with van der Waals surface area (Å²) >= 11 is 8.82. The summed E-state index contributed by atoms with van der Waals surface area (Å²) in [5.74, 6) is 1.34. The van der Waals surface area contributed by atoms with Crippen LogP contribution < -0.4 is 5.32 Å². The van der Waals surface area contributed by atoms with Gasteiger partial charge >= 0.3 is 5.97 Å². The molecule has 0 fully saturated rings. The van der Waals surface area contributed by atoms with Gasteiger partial charge in [-0.25, -0.2) is 14.8 Å². The average Bonchev–Trinajstić information content (AvgIpc) is 3.70. The van der Waals surface area contributed by atoms with Crippen molar-refractivity contribution < 1.29 is 29.6 Å². The topological polar surface area (TPSA) is 165 Å². The molecule has 40 heavy (non-hydrogen) atoms. The number of hydrogen-bond acceptors (Lipinski definition) is 12. The van der Waals surface area contributed by atoms with Crippen LogP contribution in [0.3, 0.4) is 0 Å². The van der Waals surface area contributed by atoms with Gasteiger partial charge in [0.25, 0.3) is 0 Å². The minimum Gasteiger partial charge on any atom is -0.479 e. The maximum absolute atomic E-state index is 12.6. The van der Waals surface area contributed by atoms with Crippen molar-refractivity contribution in [2.75, 3.05) is 18.5 Å². The Kier molecular flexibility index (Phi) is 9.69. The third-order valence-electron chi connectivity index (χ3n) is 5.81. The Labute approximate surface area is 242 Å². The second-order valence-electron chi connectivity index (χ2n) is 9.03. The van der Waals surface area contributed by atoms with Crippen LogP contribution in [-0.4, -0.2) is 77.3 Å². The maximum atomic E-state index is 12.6. The van der Waals surface area contributed by atoms with Crippen LogP contribution in [0.2, 0.25) is 5.28 Å². The number of halogens is 1. The molecule has 4 N–H and O–H groups in total. The molecule has 0 aliphatic rings. The molecule has 0 saturated carbocycles. The summed E-state index contributed by atoms with van der Waals surface area (Å²) in [4.78, 5) is 29.6. The second-order valence-corrected chi connectivity index (χ2v) is 10.9. The number of anilines is 1. The Morgan fingerprint density at radius 1 is 1.30 bits per heavy atom. The number of carboxylic acids is 1. The highest BCUT2D eigenvalue weighted by atomic mass is 35.5. The SMILES string of the molecule is C#C[C@@H](O)[C@@H](O[C@@H](CO)COC(Cc1ccsc1)(C(=O)O)c1cscn1)n1cnc2c(NC(C)C)nc(Cl)nc21. The molecule has 12 nitrogen and oxygen atoms in total. The highest BCUT2D eigenvalue weighted by Gasteiger charge is 2.45. The van der Waals surface area contributed by atoms with E-state index in [2.05, 4.69) is 31.2 Å². The van der Waals surface area contributed by atoms with E-state index in [-0.39, 0.29) is 35.7 Å². The summed E-state index contributed by atoms with van der Waals surface area (Å²) in [5, 5.41) is 39.5. The van der Waals surface area contributed by atoms with Crippen LogP contribution >= 0.6 is 34.3 Å². The number of thiazole rings is 1. The quantitative estimate of drug-likeness (QED) is 0.123. The van der Waals surface area contributed by atoms with Gasteiger partial charge in [0.15, 0.2) is 29.3 Å². The monoisotopic (exact) mass is 606 g/mol. The van der Waals surface area contributed by atoms with Gasteiger partial charge in [0.05, 0.1) is 30.7 Å². The number of aliphatic carboxylic acids is 1. The fraction of sp³-hybridized carbons (Fsp3) is 0.400. The molecule has 0 aliphatic heterocycles. The fourth-order valence-corrected chi connectivity index (χ4v) is 5.40. The van der Waals surface area contributed by atoms with Gasteiger partial charge in [0.1, 0.15) is 6.10 Å². The number of rotatable bonds is 14. The summed E-state index contributed by atoms with van der Waals surface area (Å²) in [6.07, 6.45) is 2.97. The Morgan fingerprint density at radius 3 is 2.70 bits per heavy atom. The highest BCUT2D eigenvalue weighted by molar-refractivity contribution is 7.08. The molecule has 4 aromatic rings. The number of thiophene rings is 1. The number of nitrogens with zero attached hydrogens (tertiary/aromatic N) is 5. The van der Waals surface area contributed by atoms with Crippen molar-refractivity contribution in [2.24, 2.45) is 0 Å². The number of ether oxygens (including phenoxy) is 2. The molecule has 4 heterocycles. The van der Waals surface area contributed by atoms with Crippen LogP contribution in [0.15, 0.2) is 34.0 Å². The fourth-order valence-electron chi connectivity index (χ4n) is 3.95. The van der Waals surface area contributed by atoms with Crippen LogP contribution in [0.5, 0.6) is 0 Å². The summed E-state index contributed by atoms with van der Waals surface area (Å²) in [6, 6.07) is 1.82. The van der Waals surface area contributed by atoms with Crippen molar-refractivity contribution in [3.8, 4) is 12.3 Å². The molecule has 15 heteroatoms. The largest absolute Gasteiger partial charge is 0.479 e. The van der Waals surface area contributed by atoms with Gasteiger partial charge in [-0.3, -0.25) is 4.57 Å². The van der Waals surface area contributed by atoms with E-state index in [1.807, 2.05) is 24.6 Å². The Balaban J connectivity index is 1.64. The standard InChI is InChI=1S/C25H27ClN6O6S2/c1-4-17(34)22(32-12-27-19-20(29-14(2)3)30-24(26)31-21(19)32)38-16(8-33)9-37-25(23(35)36,18-11-40-13-28-18)7-15-5-6-39-10-15/h1,5-6,10-14,16-17,22,33-34H,7-9H2,2-3H3,(H,35,36)(H,29,30,31)/t16-,17+,22+,25?/m0/s1. The highest BCUT2D eigenvalue weighted by Crippen LogP contribution is 2.33. The molecule has 4 aromatic heterocycles. The van der Waals surface area contributed by atoms with E-state index < -0.39 is 36.6 Å². The van der Waals surface area contributed by atoms with E-state index in [1.165, 1.54) is 39.1 Å². The van der Waals surface area contributed by atoms with Crippen molar-refractivity contribution >= 4 is 57.2 Å². The third kappa shape index (κ3) is 6.42. The molecule has 0 radical (unpaired) electrons. The number of nitrogens with one attached hydrogen (secondary N) is 1. The lowest BCUT2D eigenvalue weighted by molar-refractivity contribution is -0.185. The zero-order chi connectivity index (χ0) is 28.9. The first-order valence-corrected chi connectivity index (χ1v) is 14.3. The first kappa shape index (κ1) is 29.8. The first-order chi connectivity index (χ1) is 19.2. The predicted molar refractivity (Wildman–Crippen MR) is 150 cm³/mol. The van der Waals surface area contributed by atoms with E-state index in [1.54, 1.807) is 11.4 Å². The van der Waals surface area contributed by atoms with Crippen LogP contribution in [0.25, 0.3) is 11.2 Å². The first-order valence-electron chi connectivity index (χ1n) is 12.0. The average molecular weight is 607 g/mol. The number of fused-ring (bicyclic) bond motifs is 1. The van der Waals surface area contributed by atoms with E-state index >= 15 is 0 Å². The number of aliphatic hydroxyl groups excluding tert-OH is 2.